The molecular weight excluding hydrogens is 490 g/mol. The Hall–Kier alpha value is -1.76. The van der Waals surface area contributed by atoms with Crippen LogP contribution < -0.4 is 0 Å². The van der Waals surface area contributed by atoms with Gasteiger partial charge in [0.2, 0.25) is 23.6 Å². The minimum absolute atomic E-state index is 0.0215. The molecule has 7 heteroatoms. The largest absolute Gasteiger partial charge is 0.296 e. The molecule has 4 unspecified atom stereocenters. The zero-order chi connectivity index (χ0) is 29.9. The van der Waals surface area contributed by atoms with E-state index in [4.69, 9.17) is 0 Å². The standard InChI is InChI=1S/C32H55N3O4/c1-13-21-22(18-30(6,7)24-23(17-29(3,4)5)27(38)34(14-2)28(24)39)26(37)35(25(21)36)19-20-15-31(8,9)33(12)32(10,11)16-20/h20-24H,13-19H2,1-12H3. The van der Waals surface area contributed by atoms with Crippen molar-refractivity contribution < 1.29 is 19.2 Å². The predicted octanol–water partition coefficient (Wildman–Crippen LogP) is 5.37. The Morgan fingerprint density at radius 1 is 0.718 bits per heavy atom. The van der Waals surface area contributed by atoms with E-state index in [1.54, 1.807) is 4.90 Å². The summed E-state index contributed by atoms with van der Waals surface area (Å²) in [6.07, 6.45) is 3.49. The fourth-order valence-electron chi connectivity index (χ4n) is 8.23. The van der Waals surface area contributed by atoms with E-state index in [-0.39, 0.29) is 52.0 Å². The molecule has 0 radical (unpaired) electrons. The molecule has 0 aromatic carbocycles. The molecule has 3 aliphatic heterocycles. The van der Waals surface area contributed by atoms with E-state index in [1.165, 1.54) is 4.90 Å². The van der Waals surface area contributed by atoms with Gasteiger partial charge in [-0.1, -0.05) is 41.5 Å². The van der Waals surface area contributed by atoms with E-state index in [2.05, 4.69) is 60.4 Å². The quantitative estimate of drug-likeness (QED) is 0.383. The molecule has 3 fully saturated rings. The molecule has 3 heterocycles. The number of carbonyl (C=O) groups is 4. The third kappa shape index (κ3) is 5.99. The van der Waals surface area contributed by atoms with Crippen LogP contribution in [0.3, 0.4) is 0 Å². The number of hydrogen-bond acceptors (Lipinski definition) is 5. The molecule has 0 aromatic heterocycles. The number of carbonyl (C=O) groups excluding carboxylic acids is 4. The zero-order valence-electron chi connectivity index (χ0n) is 26.8. The fraction of sp³-hybridized carbons (Fsp3) is 0.875. The first-order valence-corrected chi connectivity index (χ1v) is 15.1. The highest BCUT2D eigenvalue weighted by atomic mass is 16.2. The molecule has 222 valence electrons. The maximum Gasteiger partial charge on any atom is 0.233 e. The van der Waals surface area contributed by atoms with Gasteiger partial charge in [-0.3, -0.25) is 33.9 Å². The second-order valence-corrected chi connectivity index (χ2v) is 15.8. The Balaban J connectivity index is 1.86. The van der Waals surface area contributed by atoms with Gasteiger partial charge in [-0.05, 0) is 90.5 Å². The maximum absolute atomic E-state index is 13.9. The predicted molar refractivity (Wildman–Crippen MR) is 154 cm³/mol. The minimum atomic E-state index is -0.603. The summed E-state index contributed by atoms with van der Waals surface area (Å²) in [7, 11) is 2.16. The van der Waals surface area contributed by atoms with E-state index in [1.807, 2.05) is 27.7 Å². The van der Waals surface area contributed by atoms with Crippen molar-refractivity contribution in [1.82, 2.24) is 14.7 Å². The summed E-state index contributed by atoms with van der Waals surface area (Å²) in [6.45, 7) is 23.9. The summed E-state index contributed by atoms with van der Waals surface area (Å²) in [6, 6.07) is 0. The summed E-state index contributed by atoms with van der Waals surface area (Å²) in [5, 5.41) is 0. The van der Waals surface area contributed by atoms with Crippen molar-refractivity contribution in [2.75, 3.05) is 20.1 Å². The summed E-state index contributed by atoms with van der Waals surface area (Å²) in [4.78, 5) is 59.9. The van der Waals surface area contributed by atoms with Crippen molar-refractivity contribution in [2.45, 2.75) is 119 Å². The van der Waals surface area contributed by atoms with Gasteiger partial charge >= 0.3 is 0 Å². The van der Waals surface area contributed by atoms with E-state index in [9.17, 15) is 19.2 Å². The third-order valence-electron chi connectivity index (χ3n) is 10.2. The molecule has 3 aliphatic rings. The van der Waals surface area contributed by atoms with Crippen molar-refractivity contribution in [3.63, 3.8) is 0 Å². The SMILES string of the molecule is CCC1C(=O)N(CC2CC(C)(C)N(C)C(C)(C)C2)C(=O)C1CC(C)(C)C1C(=O)N(CC)C(=O)C1CC(C)(C)C. The van der Waals surface area contributed by atoms with Crippen LogP contribution in [0.15, 0.2) is 0 Å². The number of piperidine rings is 1. The van der Waals surface area contributed by atoms with Gasteiger partial charge in [0.1, 0.15) is 0 Å². The van der Waals surface area contributed by atoms with E-state index in [0.717, 1.165) is 12.8 Å². The van der Waals surface area contributed by atoms with Gasteiger partial charge < -0.3 is 0 Å². The Morgan fingerprint density at radius 3 is 1.67 bits per heavy atom. The lowest BCUT2D eigenvalue weighted by molar-refractivity contribution is -0.144. The normalized spacial score (nSPS) is 30.7. The lowest BCUT2D eigenvalue weighted by atomic mass is 9.64. The number of likely N-dealkylation sites (tertiary alicyclic amines) is 3. The summed E-state index contributed by atoms with van der Waals surface area (Å²) in [5.74, 6) is -1.86. The highest BCUT2D eigenvalue weighted by Crippen LogP contribution is 2.50. The second kappa shape index (κ2) is 10.6. The lowest BCUT2D eigenvalue weighted by Crippen LogP contribution is -2.59. The molecular formula is C32H55N3O4. The van der Waals surface area contributed by atoms with Gasteiger partial charge in [0, 0.05) is 30.1 Å². The number of amides is 4. The average molecular weight is 546 g/mol. The molecule has 4 amide bonds. The van der Waals surface area contributed by atoms with Crippen LogP contribution in [0.1, 0.15) is 108 Å². The Bertz CT molecular complexity index is 974. The van der Waals surface area contributed by atoms with E-state index >= 15 is 0 Å². The number of imide groups is 2. The van der Waals surface area contributed by atoms with Crippen molar-refractivity contribution in [1.29, 1.82) is 0 Å². The Kier molecular flexibility index (Phi) is 8.61. The maximum atomic E-state index is 13.9. The molecule has 0 aromatic rings. The topological polar surface area (TPSA) is 78.0 Å². The van der Waals surface area contributed by atoms with Gasteiger partial charge in [0.25, 0.3) is 0 Å². The van der Waals surface area contributed by atoms with Crippen LogP contribution in [0.5, 0.6) is 0 Å². The first kappa shape index (κ1) is 31.8. The highest BCUT2D eigenvalue weighted by Gasteiger charge is 2.57. The van der Waals surface area contributed by atoms with Gasteiger partial charge in [0.15, 0.2) is 0 Å². The van der Waals surface area contributed by atoms with Gasteiger partial charge in [0.05, 0.1) is 17.8 Å². The Morgan fingerprint density at radius 2 is 1.21 bits per heavy atom. The van der Waals surface area contributed by atoms with Crippen LogP contribution in [-0.2, 0) is 19.2 Å². The van der Waals surface area contributed by atoms with Crippen LogP contribution in [-0.4, -0.2) is 69.5 Å². The smallest absolute Gasteiger partial charge is 0.233 e. The fourth-order valence-corrected chi connectivity index (χ4v) is 8.23. The van der Waals surface area contributed by atoms with Crippen molar-refractivity contribution >= 4 is 23.6 Å². The molecule has 0 bridgehead atoms. The van der Waals surface area contributed by atoms with Crippen LogP contribution in [0.25, 0.3) is 0 Å². The summed E-state index contributed by atoms with van der Waals surface area (Å²) in [5.41, 5.74) is -0.761. The second-order valence-electron chi connectivity index (χ2n) is 15.8. The van der Waals surface area contributed by atoms with E-state index < -0.39 is 23.2 Å². The zero-order valence-corrected chi connectivity index (χ0v) is 26.8. The lowest BCUT2D eigenvalue weighted by Gasteiger charge is -2.54. The van der Waals surface area contributed by atoms with Crippen molar-refractivity contribution in [2.24, 2.45) is 40.4 Å². The van der Waals surface area contributed by atoms with Crippen molar-refractivity contribution in [3.8, 4) is 0 Å². The highest BCUT2D eigenvalue weighted by molar-refractivity contribution is 6.06. The molecule has 0 saturated carbocycles. The summed E-state index contributed by atoms with van der Waals surface area (Å²) < 4.78 is 0. The molecule has 7 nitrogen and oxygen atoms in total. The van der Waals surface area contributed by atoms with Gasteiger partial charge in [-0.25, -0.2) is 0 Å². The van der Waals surface area contributed by atoms with Crippen molar-refractivity contribution in [3.05, 3.63) is 0 Å². The van der Waals surface area contributed by atoms with Crippen LogP contribution in [0.4, 0.5) is 0 Å². The monoisotopic (exact) mass is 545 g/mol. The molecule has 0 aliphatic carbocycles. The molecule has 39 heavy (non-hydrogen) atoms. The van der Waals surface area contributed by atoms with Gasteiger partial charge in [-0.2, -0.15) is 0 Å². The third-order valence-corrected chi connectivity index (χ3v) is 10.2. The minimum Gasteiger partial charge on any atom is -0.296 e. The molecule has 0 spiro atoms. The molecule has 0 N–H and O–H groups in total. The first-order chi connectivity index (χ1) is 17.7. The number of rotatable bonds is 8. The van der Waals surface area contributed by atoms with E-state index in [0.29, 0.717) is 32.4 Å². The van der Waals surface area contributed by atoms with Crippen LogP contribution in [0.2, 0.25) is 0 Å². The van der Waals surface area contributed by atoms with Crippen LogP contribution in [0, 0.1) is 40.4 Å². The van der Waals surface area contributed by atoms with Gasteiger partial charge in [-0.15, -0.1) is 0 Å². The molecule has 3 rings (SSSR count). The Labute approximate surface area is 237 Å². The molecule has 3 saturated heterocycles. The van der Waals surface area contributed by atoms with Crippen LogP contribution >= 0.6 is 0 Å². The molecule has 4 atom stereocenters. The average Bonchev–Trinajstić information content (AvgIpc) is 3.14. The first-order valence-electron chi connectivity index (χ1n) is 15.1. The number of nitrogens with zero attached hydrogens (tertiary/aromatic N) is 3. The number of hydrogen-bond donors (Lipinski definition) is 0. The summed E-state index contributed by atoms with van der Waals surface area (Å²) >= 11 is 0.